The molecule has 2 aromatic rings. The molecule has 0 spiro atoms. The second kappa shape index (κ2) is 4.82. The van der Waals surface area contributed by atoms with Gasteiger partial charge in [0.2, 0.25) is 0 Å². The van der Waals surface area contributed by atoms with Gasteiger partial charge in [-0.05, 0) is 44.0 Å². The zero-order chi connectivity index (χ0) is 14.4. The van der Waals surface area contributed by atoms with Gasteiger partial charge in [-0.3, -0.25) is 0 Å². The largest absolute Gasteiger partial charge is 0.495 e. The third-order valence-corrected chi connectivity index (χ3v) is 3.66. The van der Waals surface area contributed by atoms with E-state index in [9.17, 15) is 13.2 Å². The van der Waals surface area contributed by atoms with Crippen LogP contribution in [0.2, 0.25) is 0 Å². The summed E-state index contributed by atoms with van der Waals surface area (Å²) in [6, 6.07) is 2.36. The first-order valence-electron chi connectivity index (χ1n) is 4.95. The lowest BCUT2D eigenvalue weighted by Gasteiger charge is -2.14. The highest BCUT2D eigenvalue weighted by Gasteiger charge is 2.34. The predicted molar refractivity (Wildman–Crippen MR) is 73.1 cm³/mol. The Hall–Kier alpha value is -1.02. The number of alkyl halides is 3. The summed E-state index contributed by atoms with van der Waals surface area (Å²) in [5, 5.41) is 0.330. The van der Waals surface area contributed by atoms with Gasteiger partial charge in [0.1, 0.15) is 11.4 Å². The minimum Gasteiger partial charge on any atom is -0.495 e. The molecule has 0 aliphatic rings. The van der Waals surface area contributed by atoms with E-state index in [1.54, 1.807) is 6.07 Å². The van der Waals surface area contributed by atoms with Crippen molar-refractivity contribution in [2.24, 2.45) is 0 Å². The minimum atomic E-state index is -4.55. The molecule has 2 rings (SSSR count). The number of halogens is 5. The average molecular weight is 400 g/mol. The lowest BCUT2D eigenvalue weighted by atomic mass is 10.1. The lowest BCUT2D eigenvalue weighted by molar-refractivity contribution is -0.140. The van der Waals surface area contributed by atoms with Crippen molar-refractivity contribution in [2.45, 2.75) is 6.18 Å². The first-order chi connectivity index (χ1) is 8.75. The highest BCUT2D eigenvalue weighted by atomic mass is 79.9. The molecule has 0 atom stereocenters. The minimum absolute atomic E-state index is 0.0452. The van der Waals surface area contributed by atoms with Crippen molar-refractivity contribution in [3.05, 3.63) is 26.8 Å². The van der Waals surface area contributed by atoms with E-state index in [4.69, 9.17) is 10.5 Å². The topological polar surface area (TPSA) is 48.1 Å². The molecular formula is C11H7Br2F3N2O. The molecule has 19 heavy (non-hydrogen) atoms. The van der Waals surface area contributed by atoms with E-state index in [1.165, 1.54) is 7.11 Å². The van der Waals surface area contributed by atoms with Crippen molar-refractivity contribution in [2.75, 3.05) is 12.8 Å². The van der Waals surface area contributed by atoms with Gasteiger partial charge in [-0.25, -0.2) is 4.98 Å². The highest BCUT2D eigenvalue weighted by Crippen LogP contribution is 2.42. The fraction of sp³-hybridized carbons (Fsp3) is 0.182. The van der Waals surface area contributed by atoms with E-state index in [-0.39, 0.29) is 11.2 Å². The number of methoxy groups -OCH3 is 1. The summed E-state index contributed by atoms with van der Waals surface area (Å²) < 4.78 is 44.3. The molecule has 0 saturated heterocycles. The Balaban J connectivity index is 2.91. The summed E-state index contributed by atoms with van der Waals surface area (Å²) >= 11 is 6.44. The molecule has 3 nitrogen and oxygen atoms in total. The van der Waals surface area contributed by atoms with E-state index in [0.717, 1.165) is 6.07 Å². The first kappa shape index (κ1) is 14.4. The number of nitrogens with zero attached hydrogens (tertiary/aromatic N) is 1. The molecule has 0 saturated carbocycles. The first-order valence-corrected chi connectivity index (χ1v) is 6.53. The zero-order valence-corrected chi connectivity index (χ0v) is 12.6. The Morgan fingerprint density at radius 3 is 2.37 bits per heavy atom. The van der Waals surface area contributed by atoms with Crippen LogP contribution < -0.4 is 10.5 Å². The third-order valence-electron chi connectivity index (χ3n) is 2.47. The van der Waals surface area contributed by atoms with Crippen molar-refractivity contribution >= 4 is 48.5 Å². The summed E-state index contributed by atoms with van der Waals surface area (Å²) in [7, 11) is 1.41. The molecule has 0 amide bonds. The molecule has 0 fully saturated rings. The Morgan fingerprint density at radius 1 is 1.21 bits per heavy atom. The van der Waals surface area contributed by atoms with Gasteiger partial charge in [-0.1, -0.05) is 0 Å². The molecule has 1 aromatic carbocycles. The number of pyridine rings is 1. The molecule has 102 valence electrons. The summed E-state index contributed by atoms with van der Waals surface area (Å²) in [4.78, 5) is 3.60. The van der Waals surface area contributed by atoms with Crippen molar-refractivity contribution < 1.29 is 17.9 Å². The van der Waals surface area contributed by atoms with Crippen LogP contribution in [0, 0.1) is 0 Å². The van der Waals surface area contributed by atoms with Gasteiger partial charge in [-0.2, -0.15) is 13.2 Å². The standard InChI is InChI=1S/C11H7Br2F3N2O/c1-19-10-5(13)2-4(12)9-8(10)6(17)3-7(18-9)11(14,15)16/h2-3H,1H3,(H2,17,18). The number of rotatable bonds is 1. The van der Waals surface area contributed by atoms with E-state index in [1.807, 2.05) is 0 Å². The maximum atomic E-state index is 12.7. The van der Waals surface area contributed by atoms with Gasteiger partial charge in [0.25, 0.3) is 0 Å². The SMILES string of the molecule is COc1c(Br)cc(Br)c2nc(C(F)(F)F)cc(N)c12. The molecule has 1 heterocycles. The normalized spacial score (nSPS) is 11.9. The number of benzene rings is 1. The maximum absolute atomic E-state index is 12.7. The molecule has 8 heteroatoms. The molecule has 0 aliphatic heterocycles. The summed E-state index contributed by atoms with van der Waals surface area (Å²) in [6.45, 7) is 0. The monoisotopic (exact) mass is 398 g/mol. The van der Waals surface area contributed by atoms with Crippen LogP contribution in [0.4, 0.5) is 18.9 Å². The number of hydrogen-bond donors (Lipinski definition) is 1. The number of hydrogen-bond acceptors (Lipinski definition) is 3. The highest BCUT2D eigenvalue weighted by molar-refractivity contribution is 9.11. The zero-order valence-electron chi connectivity index (χ0n) is 9.48. The van der Waals surface area contributed by atoms with Crippen molar-refractivity contribution in [3.8, 4) is 5.75 Å². The molecule has 0 unspecified atom stereocenters. The van der Waals surface area contributed by atoms with Crippen LogP contribution in [-0.4, -0.2) is 12.1 Å². The van der Waals surface area contributed by atoms with Gasteiger partial charge in [0.05, 0.1) is 22.5 Å². The predicted octanol–water partition coefficient (Wildman–Crippen LogP) is 4.37. The van der Waals surface area contributed by atoms with Crippen LogP contribution in [-0.2, 0) is 6.18 Å². The second-order valence-corrected chi connectivity index (χ2v) is 5.40. The fourth-order valence-corrected chi connectivity index (χ4v) is 3.10. The van der Waals surface area contributed by atoms with Crippen LogP contribution in [0.1, 0.15) is 5.69 Å². The number of nitrogen functional groups attached to an aromatic ring is 1. The quantitative estimate of drug-likeness (QED) is 0.774. The number of aromatic nitrogens is 1. The number of fused-ring (bicyclic) bond motifs is 1. The molecule has 0 radical (unpaired) electrons. The van der Waals surface area contributed by atoms with Gasteiger partial charge in [0.15, 0.2) is 0 Å². The van der Waals surface area contributed by atoms with Crippen LogP contribution in [0.3, 0.4) is 0 Å². The summed E-state index contributed by atoms with van der Waals surface area (Å²) in [6.07, 6.45) is -4.55. The van der Waals surface area contributed by atoms with Gasteiger partial charge < -0.3 is 10.5 Å². The van der Waals surface area contributed by atoms with Crippen molar-refractivity contribution in [1.29, 1.82) is 0 Å². The van der Waals surface area contributed by atoms with Crippen LogP contribution in [0.5, 0.6) is 5.75 Å². The Bertz CT molecular complexity index is 659. The van der Waals surface area contributed by atoms with Crippen LogP contribution in [0.15, 0.2) is 21.1 Å². The number of ether oxygens (including phenoxy) is 1. The van der Waals surface area contributed by atoms with E-state index in [0.29, 0.717) is 20.1 Å². The average Bonchev–Trinajstić information content (AvgIpc) is 2.29. The Kier molecular flexibility index (Phi) is 3.65. The summed E-state index contributed by atoms with van der Waals surface area (Å²) in [5.41, 5.74) is 4.73. The maximum Gasteiger partial charge on any atom is 0.433 e. The molecule has 2 N–H and O–H groups in total. The lowest BCUT2D eigenvalue weighted by Crippen LogP contribution is -2.09. The van der Waals surface area contributed by atoms with Gasteiger partial charge in [-0.15, -0.1) is 0 Å². The Labute approximate surface area is 123 Å². The number of nitrogens with two attached hydrogens (primary N) is 1. The number of anilines is 1. The van der Waals surface area contributed by atoms with E-state index >= 15 is 0 Å². The van der Waals surface area contributed by atoms with Crippen molar-refractivity contribution in [1.82, 2.24) is 4.98 Å². The second-order valence-electron chi connectivity index (χ2n) is 3.69. The van der Waals surface area contributed by atoms with Crippen LogP contribution in [0.25, 0.3) is 10.9 Å². The van der Waals surface area contributed by atoms with Gasteiger partial charge in [0, 0.05) is 10.2 Å². The third kappa shape index (κ3) is 2.51. The Morgan fingerprint density at radius 2 is 1.84 bits per heavy atom. The summed E-state index contributed by atoms with van der Waals surface area (Å²) in [5.74, 6) is 0.344. The molecule has 1 aromatic heterocycles. The van der Waals surface area contributed by atoms with Crippen LogP contribution >= 0.6 is 31.9 Å². The van der Waals surface area contributed by atoms with Gasteiger partial charge >= 0.3 is 6.18 Å². The molecular weight excluding hydrogens is 393 g/mol. The molecule has 0 aliphatic carbocycles. The van der Waals surface area contributed by atoms with E-state index in [2.05, 4.69) is 36.8 Å². The van der Waals surface area contributed by atoms with E-state index < -0.39 is 11.9 Å². The smallest absolute Gasteiger partial charge is 0.433 e. The fourth-order valence-electron chi connectivity index (χ4n) is 1.69. The molecule has 0 bridgehead atoms. The van der Waals surface area contributed by atoms with Crippen molar-refractivity contribution in [3.63, 3.8) is 0 Å².